The normalized spacial score (nSPS) is 16.5. The zero-order valence-electron chi connectivity index (χ0n) is 17.8. The van der Waals surface area contributed by atoms with Crippen LogP contribution in [0.25, 0.3) is 0 Å². The van der Waals surface area contributed by atoms with E-state index in [4.69, 9.17) is 9.84 Å². The second-order valence-electron chi connectivity index (χ2n) is 7.99. The van der Waals surface area contributed by atoms with Gasteiger partial charge in [-0.25, -0.2) is 9.80 Å². The lowest BCUT2D eigenvalue weighted by molar-refractivity contribution is 0.192. The van der Waals surface area contributed by atoms with Crippen LogP contribution in [-0.4, -0.2) is 30.4 Å². The van der Waals surface area contributed by atoms with Crippen LogP contribution in [0.3, 0.4) is 0 Å². The first kappa shape index (κ1) is 20.9. The fourth-order valence-corrected chi connectivity index (χ4v) is 3.75. The van der Waals surface area contributed by atoms with E-state index in [9.17, 15) is 4.79 Å². The number of rotatable bonds is 7. The maximum atomic E-state index is 13.1. The van der Waals surface area contributed by atoms with E-state index in [1.807, 2.05) is 62.4 Å². The predicted octanol–water partition coefficient (Wildman–Crippen LogP) is 5.29. The summed E-state index contributed by atoms with van der Waals surface area (Å²) >= 11 is 0. The van der Waals surface area contributed by atoms with Gasteiger partial charge in [-0.3, -0.25) is 0 Å². The molecular formula is C24H31N3O2. The van der Waals surface area contributed by atoms with Crippen LogP contribution in [0.2, 0.25) is 0 Å². The van der Waals surface area contributed by atoms with Crippen LogP contribution < -0.4 is 10.1 Å². The average molecular weight is 394 g/mol. The quantitative estimate of drug-likeness (QED) is 0.695. The van der Waals surface area contributed by atoms with Gasteiger partial charge in [0.2, 0.25) is 0 Å². The number of hydrogen-bond acceptors (Lipinski definition) is 3. The fraction of sp³-hybridized carbons (Fsp3) is 0.417. The molecule has 0 saturated heterocycles. The second kappa shape index (κ2) is 9.12. The topological polar surface area (TPSA) is 53.9 Å². The molecule has 5 nitrogen and oxygen atoms in total. The van der Waals surface area contributed by atoms with Crippen molar-refractivity contribution in [1.82, 2.24) is 10.3 Å². The van der Waals surface area contributed by atoms with E-state index in [-0.39, 0.29) is 11.9 Å². The van der Waals surface area contributed by atoms with Crippen LogP contribution in [0.15, 0.2) is 59.7 Å². The predicted molar refractivity (Wildman–Crippen MR) is 117 cm³/mol. The molecule has 3 rings (SSSR count). The third-order valence-corrected chi connectivity index (χ3v) is 5.46. The van der Waals surface area contributed by atoms with Crippen LogP contribution in [0.1, 0.15) is 57.1 Å². The minimum Gasteiger partial charge on any atom is -0.496 e. The number of benzene rings is 2. The highest BCUT2D eigenvalue weighted by Gasteiger charge is 2.34. The molecular weight excluding hydrogens is 362 g/mol. The van der Waals surface area contributed by atoms with E-state index in [2.05, 4.69) is 18.3 Å². The molecule has 2 aromatic rings. The Hall–Kier alpha value is -2.82. The molecule has 1 aliphatic rings. The maximum absolute atomic E-state index is 13.1. The number of urea groups is 1. The van der Waals surface area contributed by atoms with Crippen LogP contribution in [-0.2, 0) is 5.54 Å². The minimum atomic E-state index is -0.486. The monoisotopic (exact) mass is 393 g/mol. The number of unbranched alkanes of at least 4 members (excludes halogenated alkanes) is 1. The Balaban J connectivity index is 1.81. The number of carbonyl (C=O) groups is 1. The van der Waals surface area contributed by atoms with Crippen LogP contribution in [0, 0.1) is 0 Å². The van der Waals surface area contributed by atoms with Gasteiger partial charge in [-0.1, -0.05) is 61.9 Å². The highest BCUT2D eigenvalue weighted by molar-refractivity contribution is 5.95. The first-order chi connectivity index (χ1) is 14.0. The number of carbonyl (C=O) groups excluding carboxylic acids is 1. The molecule has 0 saturated carbocycles. The molecule has 0 fully saturated rings. The summed E-state index contributed by atoms with van der Waals surface area (Å²) in [4.78, 5) is 13.1. The van der Waals surface area contributed by atoms with Gasteiger partial charge in [-0.05, 0) is 38.3 Å². The molecule has 0 spiro atoms. The molecule has 0 aromatic heterocycles. The van der Waals surface area contributed by atoms with Crippen LogP contribution in [0.4, 0.5) is 4.79 Å². The Morgan fingerprint density at radius 2 is 1.86 bits per heavy atom. The molecule has 1 aliphatic heterocycles. The summed E-state index contributed by atoms with van der Waals surface area (Å²) in [6.07, 6.45) is 3.02. The van der Waals surface area contributed by atoms with E-state index in [1.54, 1.807) is 12.1 Å². The lowest BCUT2D eigenvalue weighted by Crippen LogP contribution is -2.46. The summed E-state index contributed by atoms with van der Waals surface area (Å²) in [7, 11) is 1.68. The lowest BCUT2D eigenvalue weighted by Gasteiger charge is -2.28. The van der Waals surface area contributed by atoms with Gasteiger partial charge < -0.3 is 10.1 Å². The first-order valence-electron chi connectivity index (χ1n) is 10.3. The number of hydrogen-bond donors (Lipinski definition) is 1. The van der Waals surface area contributed by atoms with Gasteiger partial charge >= 0.3 is 6.03 Å². The number of nitrogens with zero attached hydrogens (tertiary/aromatic N) is 2. The molecule has 5 heteroatoms. The fourth-order valence-electron chi connectivity index (χ4n) is 3.75. The Labute approximate surface area is 173 Å². The number of nitrogens with one attached hydrogen (secondary N) is 1. The number of para-hydroxylation sites is 1. The average Bonchev–Trinajstić information content (AvgIpc) is 3.16. The molecule has 1 N–H and O–H groups in total. The van der Waals surface area contributed by atoms with Gasteiger partial charge in [0.1, 0.15) is 5.75 Å². The molecule has 0 bridgehead atoms. The Kier molecular flexibility index (Phi) is 6.57. The number of ether oxygens (including phenoxy) is 1. The highest BCUT2D eigenvalue weighted by Crippen LogP contribution is 2.34. The lowest BCUT2D eigenvalue weighted by atomic mass is 9.91. The largest absolute Gasteiger partial charge is 0.496 e. The standard InChI is InChI=1S/C24H31N3O2/c1-5-6-15-21-20(19-14-10-11-16-22(19)29-4)17-27(26-21)23(28)25-24(2,3)18-12-8-7-9-13-18/h7-14,16,20H,5-6,15,17H2,1-4H3,(H,25,28). The van der Waals surface area contributed by atoms with Crippen molar-refractivity contribution in [3.8, 4) is 5.75 Å². The van der Waals surface area contributed by atoms with E-state index >= 15 is 0 Å². The zero-order chi connectivity index (χ0) is 20.9. The number of methoxy groups -OCH3 is 1. The van der Waals surface area contributed by atoms with E-state index < -0.39 is 5.54 Å². The van der Waals surface area contributed by atoms with E-state index in [0.717, 1.165) is 41.9 Å². The van der Waals surface area contributed by atoms with Crippen molar-refractivity contribution in [2.75, 3.05) is 13.7 Å². The van der Waals surface area contributed by atoms with E-state index in [1.165, 1.54) is 0 Å². The van der Waals surface area contributed by atoms with Crippen LogP contribution in [0.5, 0.6) is 5.75 Å². The summed E-state index contributed by atoms with van der Waals surface area (Å²) in [6, 6.07) is 17.8. The van der Waals surface area contributed by atoms with Crippen molar-refractivity contribution in [3.63, 3.8) is 0 Å². The minimum absolute atomic E-state index is 0.0586. The molecule has 2 aromatic carbocycles. The summed E-state index contributed by atoms with van der Waals surface area (Å²) in [6.45, 7) is 6.71. The molecule has 0 radical (unpaired) electrons. The third-order valence-electron chi connectivity index (χ3n) is 5.46. The van der Waals surface area contributed by atoms with Crippen molar-refractivity contribution >= 4 is 11.7 Å². The molecule has 1 heterocycles. The molecule has 2 amide bonds. The maximum Gasteiger partial charge on any atom is 0.338 e. The summed E-state index contributed by atoms with van der Waals surface area (Å²) in [5, 5.41) is 9.44. The smallest absolute Gasteiger partial charge is 0.338 e. The van der Waals surface area contributed by atoms with E-state index in [0.29, 0.717) is 6.54 Å². The molecule has 0 aliphatic carbocycles. The molecule has 154 valence electrons. The molecule has 1 atom stereocenters. The Morgan fingerprint density at radius 1 is 1.17 bits per heavy atom. The van der Waals surface area contributed by atoms with Gasteiger partial charge in [0.15, 0.2) is 0 Å². The Bertz CT molecular complexity index is 861. The van der Waals surface area contributed by atoms with Crippen molar-refractivity contribution < 1.29 is 9.53 Å². The number of hydrazone groups is 1. The van der Waals surface area contributed by atoms with Crippen molar-refractivity contribution in [1.29, 1.82) is 0 Å². The summed E-state index contributed by atoms with van der Waals surface area (Å²) < 4.78 is 5.57. The summed E-state index contributed by atoms with van der Waals surface area (Å²) in [5.74, 6) is 0.900. The highest BCUT2D eigenvalue weighted by atomic mass is 16.5. The SMILES string of the molecule is CCCCC1=NN(C(=O)NC(C)(C)c2ccccc2)CC1c1ccccc1OC. The third kappa shape index (κ3) is 4.78. The van der Waals surface area contributed by atoms with Crippen molar-refractivity contribution in [2.24, 2.45) is 5.10 Å². The zero-order valence-corrected chi connectivity index (χ0v) is 17.8. The van der Waals surface area contributed by atoms with Crippen molar-refractivity contribution in [3.05, 3.63) is 65.7 Å². The van der Waals surface area contributed by atoms with Crippen LogP contribution >= 0.6 is 0 Å². The second-order valence-corrected chi connectivity index (χ2v) is 7.99. The van der Waals surface area contributed by atoms with Crippen molar-refractivity contribution in [2.45, 2.75) is 51.5 Å². The Morgan fingerprint density at radius 3 is 2.55 bits per heavy atom. The number of amides is 2. The van der Waals surface area contributed by atoms with Gasteiger partial charge in [0, 0.05) is 17.2 Å². The molecule has 29 heavy (non-hydrogen) atoms. The van der Waals surface area contributed by atoms with Gasteiger partial charge in [0.05, 0.1) is 19.2 Å². The van der Waals surface area contributed by atoms with Gasteiger partial charge in [-0.15, -0.1) is 0 Å². The first-order valence-corrected chi connectivity index (χ1v) is 10.3. The van der Waals surface area contributed by atoms with Gasteiger partial charge in [0.25, 0.3) is 0 Å². The summed E-state index contributed by atoms with van der Waals surface area (Å²) in [5.41, 5.74) is 2.70. The molecule has 1 unspecified atom stereocenters. The van der Waals surface area contributed by atoms with Gasteiger partial charge in [-0.2, -0.15) is 5.10 Å².